The van der Waals surface area contributed by atoms with Crippen LogP contribution in [0.5, 0.6) is 0 Å². The van der Waals surface area contributed by atoms with Gasteiger partial charge in [0.15, 0.2) is 4.96 Å². The molecule has 0 bridgehead atoms. The van der Waals surface area contributed by atoms with E-state index >= 15 is 0 Å². The molecule has 1 N–H and O–H groups in total. The molecule has 0 spiro atoms. The van der Waals surface area contributed by atoms with Gasteiger partial charge in [-0.25, -0.2) is 9.78 Å². The number of thiazole rings is 1. The minimum atomic E-state index is -0.959. The lowest BCUT2D eigenvalue weighted by atomic mass is 10.2. The van der Waals surface area contributed by atoms with Crippen LogP contribution in [-0.2, 0) is 4.79 Å². The molecule has 3 aromatic rings. The fraction of sp³-hybridized carbons (Fsp3) is 0.0769. The first-order valence-electron chi connectivity index (χ1n) is 5.58. The van der Waals surface area contributed by atoms with Crippen LogP contribution >= 0.6 is 22.7 Å². The molecule has 0 fully saturated rings. The van der Waals surface area contributed by atoms with Gasteiger partial charge in [0.05, 0.1) is 10.6 Å². The first-order chi connectivity index (χ1) is 9.15. The quantitative estimate of drug-likeness (QED) is 0.751. The standard InChI is InChI=1S/C13H10N2O2S2/c1-8-7-15-9(4-5-11(16)17)12(14-13(15)19-8)10-3-2-6-18-10/h2-7H,1H3,(H,16,17)/b5-4+. The Balaban J connectivity index is 2.23. The van der Waals surface area contributed by atoms with Gasteiger partial charge in [0.2, 0.25) is 0 Å². The minimum Gasteiger partial charge on any atom is -0.478 e. The number of carbonyl (C=O) groups is 1. The van der Waals surface area contributed by atoms with Crippen LogP contribution in [-0.4, -0.2) is 20.5 Å². The Morgan fingerprint density at radius 2 is 2.37 bits per heavy atom. The number of fused-ring (bicyclic) bond motifs is 1. The number of aliphatic carboxylic acids is 1. The van der Waals surface area contributed by atoms with Crippen molar-refractivity contribution in [2.75, 3.05) is 0 Å². The van der Waals surface area contributed by atoms with Crippen molar-refractivity contribution in [1.29, 1.82) is 0 Å². The number of hydrogen-bond acceptors (Lipinski definition) is 4. The van der Waals surface area contributed by atoms with Gasteiger partial charge in [-0.2, -0.15) is 0 Å². The van der Waals surface area contributed by atoms with E-state index in [9.17, 15) is 4.79 Å². The van der Waals surface area contributed by atoms with Gasteiger partial charge in [0.1, 0.15) is 5.69 Å². The van der Waals surface area contributed by atoms with Gasteiger partial charge in [-0.15, -0.1) is 22.7 Å². The average Bonchev–Trinajstić information content (AvgIpc) is 3.00. The van der Waals surface area contributed by atoms with Crippen molar-refractivity contribution in [1.82, 2.24) is 9.38 Å². The van der Waals surface area contributed by atoms with Gasteiger partial charge in [-0.1, -0.05) is 6.07 Å². The molecular formula is C13H10N2O2S2. The summed E-state index contributed by atoms with van der Waals surface area (Å²) in [5, 5.41) is 10.8. The summed E-state index contributed by atoms with van der Waals surface area (Å²) in [4.78, 5) is 18.4. The fourth-order valence-corrected chi connectivity index (χ4v) is 3.43. The highest BCUT2D eigenvalue weighted by Crippen LogP contribution is 2.31. The van der Waals surface area contributed by atoms with E-state index < -0.39 is 5.97 Å². The number of aromatic nitrogens is 2. The van der Waals surface area contributed by atoms with Gasteiger partial charge < -0.3 is 5.11 Å². The number of carboxylic acid groups (broad SMARTS) is 1. The Morgan fingerprint density at radius 3 is 3.05 bits per heavy atom. The lowest BCUT2D eigenvalue weighted by Crippen LogP contribution is -1.89. The summed E-state index contributed by atoms with van der Waals surface area (Å²) in [6, 6.07) is 3.95. The molecule has 0 unspecified atom stereocenters. The van der Waals surface area contributed by atoms with Crippen LogP contribution in [0.2, 0.25) is 0 Å². The maximum atomic E-state index is 10.7. The monoisotopic (exact) mass is 290 g/mol. The third-order valence-corrected chi connectivity index (χ3v) is 4.39. The van der Waals surface area contributed by atoms with Crippen molar-refractivity contribution < 1.29 is 9.90 Å². The molecule has 3 aromatic heterocycles. The summed E-state index contributed by atoms with van der Waals surface area (Å²) in [6.45, 7) is 2.01. The maximum absolute atomic E-state index is 10.7. The lowest BCUT2D eigenvalue weighted by Gasteiger charge is -1.95. The second-order valence-electron chi connectivity index (χ2n) is 3.99. The molecular weight excluding hydrogens is 280 g/mol. The largest absolute Gasteiger partial charge is 0.478 e. The Hall–Kier alpha value is -1.92. The zero-order chi connectivity index (χ0) is 13.4. The predicted octanol–water partition coefficient (Wildman–Crippen LogP) is 3.53. The van der Waals surface area contributed by atoms with Crippen LogP contribution in [0.25, 0.3) is 21.6 Å². The molecule has 19 heavy (non-hydrogen) atoms. The topological polar surface area (TPSA) is 54.6 Å². The van der Waals surface area contributed by atoms with Crippen molar-refractivity contribution in [2.24, 2.45) is 0 Å². The highest BCUT2D eigenvalue weighted by atomic mass is 32.1. The summed E-state index contributed by atoms with van der Waals surface area (Å²) in [5.41, 5.74) is 1.64. The Morgan fingerprint density at radius 1 is 1.53 bits per heavy atom. The molecule has 0 radical (unpaired) electrons. The Kier molecular flexibility index (Phi) is 2.96. The minimum absolute atomic E-state index is 0.809. The van der Waals surface area contributed by atoms with E-state index in [0.29, 0.717) is 0 Å². The van der Waals surface area contributed by atoms with E-state index in [0.717, 1.165) is 32.2 Å². The van der Waals surface area contributed by atoms with Gasteiger partial charge in [0.25, 0.3) is 0 Å². The highest BCUT2D eigenvalue weighted by Gasteiger charge is 2.14. The molecule has 0 aliphatic carbocycles. The summed E-state index contributed by atoms with van der Waals surface area (Å²) >= 11 is 3.19. The van der Waals surface area contributed by atoms with Crippen molar-refractivity contribution in [3.63, 3.8) is 0 Å². The second kappa shape index (κ2) is 4.64. The maximum Gasteiger partial charge on any atom is 0.328 e. The molecule has 6 heteroatoms. The zero-order valence-corrected chi connectivity index (χ0v) is 11.7. The Bertz CT molecular complexity index is 766. The van der Waals surface area contributed by atoms with E-state index in [1.165, 1.54) is 0 Å². The first-order valence-corrected chi connectivity index (χ1v) is 7.28. The van der Waals surface area contributed by atoms with Crippen LogP contribution in [0.15, 0.2) is 29.8 Å². The van der Waals surface area contributed by atoms with Gasteiger partial charge in [-0.3, -0.25) is 4.40 Å². The number of nitrogens with zero attached hydrogens (tertiary/aromatic N) is 2. The summed E-state index contributed by atoms with van der Waals surface area (Å²) in [5.74, 6) is -0.959. The highest BCUT2D eigenvalue weighted by molar-refractivity contribution is 7.17. The molecule has 0 aromatic carbocycles. The molecule has 0 amide bonds. The van der Waals surface area contributed by atoms with Crippen LogP contribution in [0.1, 0.15) is 10.6 Å². The molecule has 0 aliphatic rings. The number of carboxylic acids is 1. The Labute approximate surface area is 117 Å². The first kappa shape index (κ1) is 12.1. The molecule has 3 rings (SSSR count). The van der Waals surface area contributed by atoms with E-state index in [1.54, 1.807) is 28.7 Å². The van der Waals surface area contributed by atoms with Crippen molar-refractivity contribution in [2.45, 2.75) is 6.92 Å². The van der Waals surface area contributed by atoms with Crippen LogP contribution in [0.4, 0.5) is 0 Å². The SMILES string of the molecule is Cc1cn2c(/C=C/C(=O)O)c(-c3cccs3)nc2s1. The summed E-state index contributed by atoms with van der Waals surface area (Å²) in [6.07, 6.45) is 4.72. The number of imidazole rings is 1. The average molecular weight is 290 g/mol. The van der Waals surface area contributed by atoms with E-state index in [1.807, 2.05) is 35.0 Å². The van der Waals surface area contributed by atoms with E-state index in [2.05, 4.69) is 4.98 Å². The van der Waals surface area contributed by atoms with Crippen LogP contribution in [0, 0.1) is 6.92 Å². The number of hydrogen-bond donors (Lipinski definition) is 1. The molecule has 0 atom stereocenters. The molecule has 0 saturated heterocycles. The van der Waals surface area contributed by atoms with E-state index in [-0.39, 0.29) is 0 Å². The third kappa shape index (κ3) is 2.20. The normalized spacial score (nSPS) is 11.6. The van der Waals surface area contributed by atoms with Gasteiger partial charge >= 0.3 is 5.97 Å². The van der Waals surface area contributed by atoms with Gasteiger partial charge in [-0.05, 0) is 24.4 Å². The number of rotatable bonds is 3. The molecule has 3 heterocycles. The van der Waals surface area contributed by atoms with Crippen molar-refractivity contribution in [3.05, 3.63) is 40.4 Å². The second-order valence-corrected chi connectivity index (χ2v) is 6.15. The number of thiophene rings is 1. The summed E-state index contributed by atoms with van der Waals surface area (Å²) < 4.78 is 1.94. The lowest BCUT2D eigenvalue weighted by molar-refractivity contribution is -0.131. The van der Waals surface area contributed by atoms with Crippen LogP contribution < -0.4 is 0 Å². The predicted molar refractivity (Wildman–Crippen MR) is 77.8 cm³/mol. The third-order valence-electron chi connectivity index (χ3n) is 2.62. The van der Waals surface area contributed by atoms with Crippen molar-refractivity contribution >= 4 is 39.7 Å². The van der Waals surface area contributed by atoms with Crippen LogP contribution in [0.3, 0.4) is 0 Å². The summed E-state index contributed by atoms with van der Waals surface area (Å²) in [7, 11) is 0. The zero-order valence-electron chi connectivity index (χ0n) is 10.0. The molecule has 4 nitrogen and oxygen atoms in total. The molecule has 96 valence electrons. The fourth-order valence-electron chi connectivity index (χ4n) is 1.88. The number of aryl methyl sites for hydroxylation is 1. The van der Waals surface area contributed by atoms with E-state index in [4.69, 9.17) is 5.11 Å². The molecule has 0 saturated carbocycles. The van der Waals surface area contributed by atoms with Gasteiger partial charge in [0, 0.05) is 17.2 Å². The smallest absolute Gasteiger partial charge is 0.328 e. The molecule has 0 aliphatic heterocycles. The van der Waals surface area contributed by atoms with Crippen molar-refractivity contribution in [3.8, 4) is 10.6 Å².